The standard InChI is InChI=1S/C14H13N3O/c18-16-11-13-8-6-12(7-9-13)10-15-17-14-4-2-1-3-5-14/h1-10,17H,11H2/b15-10+. The molecule has 0 radical (unpaired) electrons. The van der Waals surface area contributed by atoms with Gasteiger partial charge >= 0.3 is 0 Å². The topological polar surface area (TPSA) is 53.8 Å². The summed E-state index contributed by atoms with van der Waals surface area (Å²) in [7, 11) is 0. The van der Waals surface area contributed by atoms with Gasteiger partial charge in [-0.3, -0.25) is 5.43 Å². The Morgan fingerprint density at radius 1 is 1.00 bits per heavy atom. The fourth-order valence-corrected chi connectivity index (χ4v) is 1.48. The molecular formula is C14H13N3O. The Balaban J connectivity index is 1.94. The summed E-state index contributed by atoms with van der Waals surface area (Å²) in [5, 5.41) is 6.97. The molecule has 0 spiro atoms. The Morgan fingerprint density at radius 2 is 1.72 bits per heavy atom. The minimum atomic E-state index is 0.208. The van der Waals surface area contributed by atoms with Crippen LogP contribution in [0.4, 0.5) is 5.69 Å². The lowest BCUT2D eigenvalue weighted by Gasteiger charge is -1.99. The van der Waals surface area contributed by atoms with Gasteiger partial charge in [0, 0.05) is 0 Å². The third-order valence-corrected chi connectivity index (χ3v) is 2.41. The highest BCUT2D eigenvalue weighted by Crippen LogP contribution is 2.06. The number of rotatable bonds is 5. The highest BCUT2D eigenvalue weighted by atomic mass is 16.3. The highest BCUT2D eigenvalue weighted by molar-refractivity contribution is 5.80. The molecule has 0 bridgehead atoms. The van der Waals surface area contributed by atoms with Crippen molar-refractivity contribution in [1.29, 1.82) is 0 Å². The first kappa shape index (κ1) is 12.0. The van der Waals surface area contributed by atoms with E-state index in [0.29, 0.717) is 0 Å². The molecule has 0 saturated carbocycles. The van der Waals surface area contributed by atoms with Crippen molar-refractivity contribution in [3.63, 3.8) is 0 Å². The van der Waals surface area contributed by atoms with Gasteiger partial charge in [0.05, 0.1) is 11.9 Å². The molecule has 0 atom stereocenters. The molecule has 0 aliphatic carbocycles. The number of nitroso groups, excluding NO2 is 1. The first-order chi connectivity index (χ1) is 8.88. The van der Waals surface area contributed by atoms with Crippen LogP contribution in [0.2, 0.25) is 0 Å². The average molecular weight is 239 g/mol. The summed E-state index contributed by atoms with van der Waals surface area (Å²) >= 11 is 0. The molecule has 4 nitrogen and oxygen atoms in total. The van der Waals surface area contributed by atoms with E-state index in [9.17, 15) is 4.91 Å². The van der Waals surface area contributed by atoms with Gasteiger partial charge < -0.3 is 0 Å². The number of anilines is 1. The molecule has 90 valence electrons. The van der Waals surface area contributed by atoms with Crippen LogP contribution in [-0.4, -0.2) is 6.21 Å². The largest absolute Gasteiger partial charge is 0.279 e. The first-order valence-corrected chi connectivity index (χ1v) is 5.60. The zero-order chi connectivity index (χ0) is 12.6. The lowest BCUT2D eigenvalue weighted by molar-refractivity contribution is 1.05. The zero-order valence-corrected chi connectivity index (χ0v) is 9.78. The minimum Gasteiger partial charge on any atom is -0.279 e. The van der Waals surface area contributed by atoms with Crippen LogP contribution in [0.3, 0.4) is 0 Å². The van der Waals surface area contributed by atoms with Crippen LogP contribution in [0.1, 0.15) is 11.1 Å². The van der Waals surface area contributed by atoms with E-state index in [2.05, 4.69) is 15.7 Å². The van der Waals surface area contributed by atoms with E-state index in [1.165, 1.54) is 0 Å². The molecule has 0 saturated heterocycles. The molecular weight excluding hydrogens is 226 g/mol. The molecule has 4 heteroatoms. The highest BCUT2D eigenvalue weighted by Gasteiger charge is 1.92. The number of benzene rings is 2. The van der Waals surface area contributed by atoms with E-state index in [4.69, 9.17) is 0 Å². The van der Waals surface area contributed by atoms with Gasteiger partial charge in [0.15, 0.2) is 0 Å². The van der Waals surface area contributed by atoms with Crippen LogP contribution in [0.15, 0.2) is 64.9 Å². The Morgan fingerprint density at radius 3 is 2.39 bits per heavy atom. The maximum Gasteiger partial charge on any atom is 0.106 e. The van der Waals surface area contributed by atoms with Gasteiger partial charge in [-0.1, -0.05) is 47.6 Å². The zero-order valence-electron chi connectivity index (χ0n) is 9.78. The summed E-state index contributed by atoms with van der Waals surface area (Å²) in [5.41, 5.74) is 5.74. The molecule has 0 aromatic heterocycles. The second kappa shape index (κ2) is 6.30. The van der Waals surface area contributed by atoms with Gasteiger partial charge in [-0.05, 0) is 23.3 Å². The Labute approximate surface area is 105 Å². The fourth-order valence-electron chi connectivity index (χ4n) is 1.48. The second-order valence-corrected chi connectivity index (χ2v) is 3.76. The van der Waals surface area contributed by atoms with E-state index in [1.807, 2.05) is 54.6 Å². The van der Waals surface area contributed by atoms with Crippen molar-refractivity contribution in [2.24, 2.45) is 10.3 Å². The van der Waals surface area contributed by atoms with E-state index in [0.717, 1.165) is 16.8 Å². The van der Waals surface area contributed by atoms with Gasteiger partial charge in [0.1, 0.15) is 6.54 Å². The van der Waals surface area contributed by atoms with Gasteiger partial charge in [0.2, 0.25) is 0 Å². The summed E-state index contributed by atoms with van der Waals surface area (Å²) in [6.45, 7) is 0.208. The second-order valence-electron chi connectivity index (χ2n) is 3.76. The molecule has 2 aromatic carbocycles. The van der Waals surface area contributed by atoms with Crippen LogP contribution in [0, 0.1) is 4.91 Å². The SMILES string of the molecule is O=NCc1ccc(/C=N/Nc2ccccc2)cc1. The molecule has 1 N–H and O–H groups in total. The Bertz CT molecular complexity index is 520. The summed E-state index contributed by atoms with van der Waals surface area (Å²) in [6, 6.07) is 17.3. The van der Waals surface area contributed by atoms with Crippen molar-refractivity contribution in [3.05, 3.63) is 70.6 Å². The number of para-hydroxylation sites is 1. The summed E-state index contributed by atoms with van der Waals surface area (Å²) in [6.07, 6.45) is 1.73. The van der Waals surface area contributed by atoms with E-state index in [1.54, 1.807) is 6.21 Å². The molecule has 0 fully saturated rings. The molecule has 0 unspecified atom stereocenters. The van der Waals surface area contributed by atoms with Crippen molar-refractivity contribution < 1.29 is 0 Å². The maximum absolute atomic E-state index is 10.1. The average Bonchev–Trinajstić information content (AvgIpc) is 2.42. The van der Waals surface area contributed by atoms with E-state index in [-0.39, 0.29) is 6.54 Å². The quantitative estimate of drug-likeness (QED) is 0.494. The molecule has 0 heterocycles. The van der Waals surface area contributed by atoms with Crippen molar-refractivity contribution >= 4 is 11.9 Å². The van der Waals surface area contributed by atoms with Crippen LogP contribution in [0.5, 0.6) is 0 Å². The van der Waals surface area contributed by atoms with E-state index >= 15 is 0 Å². The molecule has 18 heavy (non-hydrogen) atoms. The predicted molar refractivity (Wildman–Crippen MR) is 73.6 cm³/mol. The van der Waals surface area contributed by atoms with Gasteiger partial charge in [-0.2, -0.15) is 10.0 Å². The Hall–Kier alpha value is -2.49. The van der Waals surface area contributed by atoms with Gasteiger partial charge in [0.25, 0.3) is 0 Å². The van der Waals surface area contributed by atoms with Crippen molar-refractivity contribution in [1.82, 2.24) is 0 Å². The minimum absolute atomic E-state index is 0.208. The van der Waals surface area contributed by atoms with Crippen LogP contribution in [0.25, 0.3) is 0 Å². The fraction of sp³-hybridized carbons (Fsp3) is 0.0714. The normalized spacial score (nSPS) is 10.4. The van der Waals surface area contributed by atoms with Gasteiger partial charge in [-0.25, -0.2) is 0 Å². The number of hydrogen-bond donors (Lipinski definition) is 1. The molecule has 2 rings (SSSR count). The van der Waals surface area contributed by atoms with Crippen molar-refractivity contribution in [2.45, 2.75) is 6.54 Å². The third-order valence-electron chi connectivity index (χ3n) is 2.41. The molecule has 2 aromatic rings. The van der Waals surface area contributed by atoms with Crippen LogP contribution in [-0.2, 0) is 6.54 Å². The predicted octanol–water partition coefficient (Wildman–Crippen LogP) is 3.40. The van der Waals surface area contributed by atoms with Gasteiger partial charge in [-0.15, -0.1) is 0 Å². The van der Waals surface area contributed by atoms with E-state index < -0.39 is 0 Å². The summed E-state index contributed by atoms with van der Waals surface area (Å²) in [4.78, 5) is 10.1. The first-order valence-electron chi connectivity index (χ1n) is 5.60. The lowest BCUT2D eigenvalue weighted by Crippen LogP contribution is -1.90. The number of hydrazone groups is 1. The van der Waals surface area contributed by atoms with Crippen molar-refractivity contribution in [2.75, 3.05) is 5.43 Å². The number of nitrogens with zero attached hydrogens (tertiary/aromatic N) is 2. The summed E-state index contributed by atoms with van der Waals surface area (Å²) < 4.78 is 0. The number of hydrogen-bond acceptors (Lipinski definition) is 4. The Kier molecular flexibility index (Phi) is 4.19. The lowest BCUT2D eigenvalue weighted by atomic mass is 10.1. The van der Waals surface area contributed by atoms with Crippen LogP contribution >= 0.6 is 0 Å². The monoisotopic (exact) mass is 239 g/mol. The molecule has 0 amide bonds. The maximum atomic E-state index is 10.1. The summed E-state index contributed by atoms with van der Waals surface area (Å²) in [5.74, 6) is 0. The number of nitrogens with one attached hydrogen (secondary N) is 1. The molecule has 0 aliphatic rings. The van der Waals surface area contributed by atoms with Crippen molar-refractivity contribution in [3.8, 4) is 0 Å². The smallest absolute Gasteiger partial charge is 0.106 e. The third kappa shape index (κ3) is 3.52. The van der Waals surface area contributed by atoms with Crippen LogP contribution < -0.4 is 5.43 Å². The molecule has 0 aliphatic heterocycles.